The molecule has 0 aliphatic heterocycles. The normalized spacial score (nSPS) is 17.9. The van der Waals surface area contributed by atoms with Crippen LogP contribution in [0.25, 0.3) is 0 Å². The molecular formula is C12H12Cl2O2. The quantitative estimate of drug-likeness (QED) is 0.896. The lowest BCUT2D eigenvalue weighted by atomic mass is 9.65. The van der Waals surface area contributed by atoms with E-state index in [0.29, 0.717) is 16.5 Å². The lowest BCUT2D eigenvalue weighted by molar-refractivity contribution is -0.154. The second-order valence-electron chi connectivity index (χ2n) is 4.33. The van der Waals surface area contributed by atoms with Crippen LogP contribution in [0.5, 0.6) is 0 Å². The van der Waals surface area contributed by atoms with Gasteiger partial charge in [0, 0.05) is 0 Å². The van der Waals surface area contributed by atoms with Gasteiger partial charge in [-0.2, -0.15) is 0 Å². The fourth-order valence-corrected chi connectivity index (χ4v) is 2.51. The van der Waals surface area contributed by atoms with Crippen LogP contribution in [0.15, 0.2) is 18.2 Å². The third-order valence-corrected chi connectivity index (χ3v) is 4.18. The van der Waals surface area contributed by atoms with Crippen LogP contribution < -0.4 is 0 Å². The highest BCUT2D eigenvalue weighted by Gasteiger charge is 2.44. The van der Waals surface area contributed by atoms with Crippen molar-refractivity contribution in [2.24, 2.45) is 5.41 Å². The third-order valence-electron chi connectivity index (χ3n) is 3.32. The van der Waals surface area contributed by atoms with Crippen molar-refractivity contribution >= 4 is 29.2 Å². The lowest BCUT2D eigenvalue weighted by Gasteiger charge is -2.38. The van der Waals surface area contributed by atoms with E-state index in [1.807, 2.05) is 6.07 Å². The number of carbonyl (C=O) groups is 1. The smallest absolute Gasteiger partial charge is 0.309 e. The average Bonchev–Trinajstić information content (AvgIpc) is 2.17. The number of rotatable bonds is 3. The number of halogens is 2. The molecule has 1 aromatic carbocycles. The molecule has 0 saturated heterocycles. The molecular weight excluding hydrogens is 247 g/mol. The molecule has 0 aromatic heterocycles. The first-order valence-corrected chi connectivity index (χ1v) is 5.97. The van der Waals surface area contributed by atoms with E-state index in [-0.39, 0.29) is 0 Å². The Morgan fingerprint density at radius 3 is 2.56 bits per heavy atom. The van der Waals surface area contributed by atoms with Crippen LogP contribution in [0.1, 0.15) is 24.8 Å². The Labute approximate surface area is 104 Å². The molecule has 0 amide bonds. The van der Waals surface area contributed by atoms with Crippen molar-refractivity contribution in [1.82, 2.24) is 0 Å². The van der Waals surface area contributed by atoms with E-state index in [1.54, 1.807) is 12.1 Å². The molecule has 1 N–H and O–H groups in total. The highest BCUT2D eigenvalue weighted by molar-refractivity contribution is 6.42. The number of carboxylic acid groups (broad SMARTS) is 1. The monoisotopic (exact) mass is 258 g/mol. The van der Waals surface area contributed by atoms with Crippen molar-refractivity contribution in [1.29, 1.82) is 0 Å². The fraction of sp³-hybridized carbons (Fsp3) is 0.417. The zero-order chi connectivity index (χ0) is 11.8. The van der Waals surface area contributed by atoms with Crippen molar-refractivity contribution < 1.29 is 9.90 Å². The van der Waals surface area contributed by atoms with Crippen molar-refractivity contribution in [3.63, 3.8) is 0 Å². The van der Waals surface area contributed by atoms with Crippen LogP contribution in [0.3, 0.4) is 0 Å². The molecule has 0 atom stereocenters. The summed E-state index contributed by atoms with van der Waals surface area (Å²) in [5.41, 5.74) is 0.213. The van der Waals surface area contributed by atoms with Crippen molar-refractivity contribution in [2.45, 2.75) is 25.7 Å². The van der Waals surface area contributed by atoms with E-state index in [0.717, 1.165) is 24.8 Å². The Morgan fingerprint density at radius 1 is 1.38 bits per heavy atom. The number of hydrogen-bond donors (Lipinski definition) is 1. The zero-order valence-electron chi connectivity index (χ0n) is 8.67. The van der Waals surface area contributed by atoms with E-state index >= 15 is 0 Å². The predicted molar refractivity (Wildman–Crippen MR) is 64.1 cm³/mol. The molecule has 16 heavy (non-hydrogen) atoms. The highest BCUT2D eigenvalue weighted by Crippen LogP contribution is 2.45. The maximum Gasteiger partial charge on any atom is 0.309 e. The van der Waals surface area contributed by atoms with E-state index in [1.165, 1.54) is 0 Å². The number of hydrogen-bond acceptors (Lipinski definition) is 1. The summed E-state index contributed by atoms with van der Waals surface area (Å²) in [6, 6.07) is 5.36. The summed E-state index contributed by atoms with van der Waals surface area (Å²) < 4.78 is 0. The van der Waals surface area contributed by atoms with Gasteiger partial charge in [-0.15, -0.1) is 0 Å². The Kier molecular flexibility index (Phi) is 3.13. The summed E-state index contributed by atoms with van der Waals surface area (Å²) in [6.07, 6.45) is 2.91. The average molecular weight is 259 g/mol. The molecule has 0 radical (unpaired) electrons. The van der Waals surface area contributed by atoms with Crippen molar-refractivity contribution in [3.05, 3.63) is 33.8 Å². The molecule has 1 aliphatic carbocycles. The Bertz CT molecular complexity index is 425. The molecule has 2 rings (SSSR count). The molecule has 1 saturated carbocycles. The summed E-state index contributed by atoms with van der Waals surface area (Å²) >= 11 is 12.0. The van der Waals surface area contributed by atoms with Crippen LogP contribution >= 0.6 is 23.2 Å². The largest absolute Gasteiger partial charge is 0.481 e. The number of aliphatic carboxylic acids is 1. The standard InChI is InChI=1S/C12H12Cl2O2/c13-9-4-1-3-8(10(9)14)7-12(11(15)16)5-2-6-12/h1,3-4H,2,5-7H2,(H,15,16). The van der Waals surface area contributed by atoms with Gasteiger partial charge in [0.15, 0.2) is 0 Å². The molecule has 4 heteroatoms. The van der Waals surface area contributed by atoms with Gasteiger partial charge in [-0.05, 0) is 30.9 Å². The highest BCUT2D eigenvalue weighted by atomic mass is 35.5. The SMILES string of the molecule is O=C(O)C1(Cc2cccc(Cl)c2Cl)CCC1. The van der Waals surface area contributed by atoms with Gasteiger partial charge < -0.3 is 5.11 Å². The van der Waals surface area contributed by atoms with Gasteiger partial charge in [0.2, 0.25) is 0 Å². The first-order valence-electron chi connectivity index (χ1n) is 5.21. The minimum atomic E-state index is -0.727. The number of carboxylic acids is 1. The summed E-state index contributed by atoms with van der Waals surface area (Å²) in [7, 11) is 0. The second kappa shape index (κ2) is 4.27. The van der Waals surface area contributed by atoms with Crippen LogP contribution in [0.4, 0.5) is 0 Å². The third kappa shape index (κ3) is 1.92. The topological polar surface area (TPSA) is 37.3 Å². The molecule has 0 spiro atoms. The molecule has 1 aliphatic rings. The molecule has 0 unspecified atom stereocenters. The first kappa shape index (κ1) is 11.7. The molecule has 2 nitrogen and oxygen atoms in total. The van der Waals surface area contributed by atoms with Crippen molar-refractivity contribution in [3.8, 4) is 0 Å². The van der Waals surface area contributed by atoms with Crippen LogP contribution in [0, 0.1) is 5.41 Å². The van der Waals surface area contributed by atoms with E-state index < -0.39 is 11.4 Å². The summed E-state index contributed by atoms with van der Waals surface area (Å²) in [6.45, 7) is 0. The summed E-state index contributed by atoms with van der Waals surface area (Å²) in [5.74, 6) is -0.727. The van der Waals surface area contributed by atoms with Gasteiger partial charge in [-0.1, -0.05) is 41.8 Å². The predicted octanol–water partition coefficient (Wildman–Crippen LogP) is 3.79. The zero-order valence-corrected chi connectivity index (χ0v) is 10.2. The van der Waals surface area contributed by atoms with Crippen molar-refractivity contribution in [2.75, 3.05) is 0 Å². The Hall–Kier alpha value is -0.730. The van der Waals surface area contributed by atoms with Crippen LogP contribution in [-0.2, 0) is 11.2 Å². The number of benzene rings is 1. The minimum Gasteiger partial charge on any atom is -0.481 e. The van der Waals surface area contributed by atoms with Gasteiger partial charge in [0.05, 0.1) is 15.5 Å². The molecule has 86 valence electrons. The summed E-state index contributed by atoms with van der Waals surface area (Å²) in [5, 5.41) is 10.2. The summed E-state index contributed by atoms with van der Waals surface area (Å²) in [4.78, 5) is 11.2. The Morgan fingerprint density at radius 2 is 2.06 bits per heavy atom. The van der Waals surface area contributed by atoms with E-state index in [9.17, 15) is 9.90 Å². The van der Waals surface area contributed by atoms with Gasteiger partial charge in [0.1, 0.15) is 0 Å². The first-order chi connectivity index (χ1) is 7.55. The van der Waals surface area contributed by atoms with Gasteiger partial charge >= 0.3 is 5.97 Å². The molecule has 1 aromatic rings. The molecule has 1 fully saturated rings. The maximum atomic E-state index is 11.2. The van der Waals surface area contributed by atoms with Gasteiger partial charge in [0.25, 0.3) is 0 Å². The minimum absolute atomic E-state index is 0.474. The molecule has 0 bridgehead atoms. The van der Waals surface area contributed by atoms with E-state index in [4.69, 9.17) is 23.2 Å². The Balaban J connectivity index is 2.26. The van der Waals surface area contributed by atoms with Gasteiger partial charge in [-0.3, -0.25) is 4.79 Å². The maximum absolute atomic E-state index is 11.2. The van der Waals surface area contributed by atoms with Crippen LogP contribution in [0.2, 0.25) is 10.0 Å². The van der Waals surface area contributed by atoms with E-state index in [2.05, 4.69) is 0 Å². The lowest BCUT2D eigenvalue weighted by Crippen LogP contribution is -2.39. The fourth-order valence-electron chi connectivity index (χ4n) is 2.12. The second-order valence-corrected chi connectivity index (χ2v) is 5.11. The molecule has 0 heterocycles. The van der Waals surface area contributed by atoms with Crippen LogP contribution in [-0.4, -0.2) is 11.1 Å². The van der Waals surface area contributed by atoms with Gasteiger partial charge in [-0.25, -0.2) is 0 Å².